The van der Waals surface area contributed by atoms with Gasteiger partial charge in [0.05, 0.1) is 34.3 Å². The number of aliphatic hydroxyl groups is 2. The molecule has 0 aliphatic heterocycles. The quantitative estimate of drug-likeness (QED) is 0.313. The van der Waals surface area contributed by atoms with E-state index < -0.39 is 0 Å². The summed E-state index contributed by atoms with van der Waals surface area (Å²) in [5, 5.41) is 17.1. The first-order valence-electron chi connectivity index (χ1n) is 9.76. The topological polar surface area (TPSA) is 62.7 Å². The van der Waals surface area contributed by atoms with Crippen molar-refractivity contribution >= 4 is 27.8 Å². The third kappa shape index (κ3) is 4.32. The minimum Gasteiger partial charge on any atom is -0.393 e. The number of fused-ring (bicyclic) bond motifs is 5. The summed E-state index contributed by atoms with van der Waals surface area (Å²) in [6, 6.07) is 27.9. The minimum atomic E-state index is -0.375. The molecule has 2 atom stereocenters. The molecule has 5 rings (SSSR count). The fourth-order valence-electron chi connectivity index (χ4n) is 3.60. The fraction of sp³-hybridized carbons (Fsp3) is 0.208. The number of imidazole rings is 2. The number of benzene rings is 3. The van der Waals surface area contributed by atoms with E-state index in [2.05, 4.69) is 63.6 Å². The zero-order chi connectivity index (χ0) is 20.4. The van der Waals surface area contributed by atoms with Crippen molar-refractivity contribution in [1.82, 2.24) is 14.0 Å². The molecule has 0 fully saturated rings. The summed E-state index contributed by atoms with van der Waals surface area (Å²) >= 11 is 0. The Morgan fingerprint density at radius 1 is 0.833 bits per heavy atom. The fourth-order valence-corrected chi connectivity index (χ4v) is 3.60. The van der Waals surface area contributed by atoms with Gasteiger partial charge in [-0.3, -0.25) is 4.40 Å². The number of aromatic nitrogens is 3. The minimum absolute atomic E-state index is 0. The van der Waals surface area contributed by atoms with E-state index in [0.29, 0.717) is 6.42 Å². The van der Waals surface area contributed by atoms with Crippen LogP contribution in [-0.4, -0.2) is 36.4 Å². The number of aliphatic hydroxyl groups excluding tert-OH is 2. The summed E-state index contributed by atoms with van der Waals surface area (Å²) < 4.78 is 4.38. The van der Waals surface area contributed by atoms with Crippen molar-refractivity contribution in [2.45, 2.75) is 32.5 Å². The molecule has 2 N–H and O–H groups in total. The summed E-state index contributed by atoms with van der Waals surface area (Å²) in [5.74, 6) is 0.921. The molecule has 2 aromatic heterocycles. The van der Waals surface area contributed by atoms with Crippen molar-refractivity contribution in [3.05, 3.63) is 78.9 Å². The van der Waals surface area contributed by atoms with Gasteiger partial charge in [-0.25, -0.2) is 4.98 Å². The van der Waals surface area contributed by atoms with Crippen LogP contribution < -0.4 is 0 Å². The molecule has 1 radical (unpaired) electrons. The van der Waals surface area contributed by atoms with Gasteiger partial charge in [-0.2, -0.15) is 24.3 Å². The summed E-state index contributed by atoms with van der Waals surface area (Å²) in [6.45, 7) is 3.32. The number of nitrogens with zero attached hydrogens (tertiary/aromatic N) is 3. The summed E-state index contributed by atoms with van der Waals surface area (Å²) in [5.41, 5.74) is 5.43. The Balaban J connectivity index is 0.000000281. The van der Waals surface area contributed by atoms with E-state index >= 15 is 0 Å². The zero-order valence-electron chi connectivity index (χ0n) is 16.9. The van der Waals surface area contributed by atoms with Crippen LogP contribution in [0, 0.1) is 6.07 Å². The van der Waals surface area contributed by atoms with E-state index in [0.717, 1.165) is 33.5 Å². The van der Waals surface area contributed by atoms with Gasteiger partial charge in [0.15, 0.2) is 0 Å². The molecule has 0 bridgehead atoms. The van der Waals surface area contributed by atoms with Crippen LogP contribution in [0.2, 0.25) is 0 Å². The van der Waals surface area contributed by atoms with E-state index in [4.69, 9.17) is 15.2 Å². The average molecular weight is 579 g/mol. The van der Waals surface area contributed by atoms with Gasteiger partial charge in [-0.05, 0) is 44.5 Å². The smallest absolute Gasteiger partial charge is 0.218 e. The van der Waals surface area contributed by atoms with Crippen LogP contribution in [0.1, 0.15) is 20.3 Å². The van der Waals surface area contributed by atoms with Gasteiger partial charge in [-0.15, -0.1) is 6.07 Å². The third-order valence-electron chi connectivity index (χ3n) is 4.72. The molecule has 5 aromatic rings. The molecule has 6 heteroatoms. The molecule has 0 amide bonds. The van der Waals surface area contributed by atoms with Crippen LogP contribution in [0.4, 0.5) is 0 Å². The van der Waals surface area contributed by atoms with Gasteiger partial charge in [0.1, 0.15) is 0 Å². The molecule has 5 nitrogen and oxygen atoms in total. The number of rotatable bonds is 3. The zero-order valence-corrected chi connectivity index (χ0v) is 19.3. The molecule has 0 saturated heterocycles. The Labute approximate surface area is 189 Å². The number of hydrogen-bond acceptors (Lipinski definition) is 3. The van der Waals surface area contributed by atoms with Crippen LogP contribution in [0.5, 0.6) is 0 Å². The Morgan fingerprint density at radius 2 is 1.43 bits per heavy atom. The van der Waals surface area contributed by atoms with Gasteiger partial charge in [0.2, 0.25) is 5.78 Å². The van der Waals surface area contributed by atoms with Gasteiger partial charge in [0.25, 0.3) is 0 Å². The molecule has 2 heterocycles. The van der Waals surface area contributed by atoms with Crippen molar-refractivity contribution in [2.24, 2.45) is 0 Å². The number of para-hydroxylation sites is 5. The standard InChI is InChI=1S/C19H12N3.C5H12O2.Ir/c1-2-8-14(9-3-1)21-17-12-6-7-13-18(17)22-16-11-5-4-10-15(16)20-19(21)22;1-4(6)3-5(2)7;/h1-8,10-13H;4-7H,3H2,1-2H3;/q-1;;. The molecule has 0 spiro atoms. The maximum atomic E-state index is 8.56. The Hall–Kier alpha value is -2.50. The van der Waals surface area contributed by atoms with Crippen molar-refractivity contribution in [1.29, 1.82) is 0 Å². The molecule has 0 aliphatic carbocycles. The molecule has 0 aliphatic rings. The van der Waals surface area contributed by atoms with Crippen LogP contribution in [0.3, 0.4) is 0 Å². The van der Waals surface area contributed by atoms with Crippen LogP contribution in [0.15, 0.2) is 72.8 Å². The SMILES string of the molecule is CC(O)CC(C)O.[Ir].[c-]1ccccc1-n1c2ccccc2n2c3ccccc3nc12. The molecule has 0 saturated carbocycles. The Bertz CT molecular complexity index is 1240. The van der Waals surface area contributed by atoms with Gasteiger partial charge in [0, 0.05) is 20.1 Å². The van der Waals surface area contributed by atoms with Gasteiger partial charge in [-0.1, -0.05) is 30.0 Å². The van der Waals surface area contributed by atoms with Crippen LogP contribution in [-0.2, 0) is 20.1 Å². The van der Waals surface area contributed by atoms with E-state index in [1.54, 1.807) is 13.8 Å². The second-order valence-corrected chi connectivity index (χ2v) is 7.24. The molecule has 157 valence electrons. The Morgan fingerprint density at radius 3 is 2.03 bits per heavy atom. The second kappa shape index (κ2) is 9.54. The molecular weight excluding hydrogens is 555 g/mol. The summed E-state index contributed by atoms with van der Waals surface area (Å²) in [7, 11) is 0. The van der Waals surface area contributed by atoms with Crippen LogP contribution in [0.25, 0.3) is 33.5 Å². The van der Waals surface area contributed by atoms with Crippen molar-refractivity contribution < 1.29 is 30.3 Å². The largest absolute Gasteiger partial charge is 0.393 e. The molecule has 30 heavy (non-hydrogen) atoms. The predicted molar refractivity (Wildman–Crippen MR) is 116 cm³/mol. The predicted octanol–water partition coefficient (Wildman–Crippen LogP) is 4.37. The first kappa shape index (κ1) is 22.2. The van der Waals surface area contributed by atoms with E-state index in [1.807, 2.05) is 24.3 Å². The van der Waals surface area contributed by atoms with Crippen LogP contribution >= 0.6 is 0 Å². The van der Waals surface area contributed by atoms with Crippen molar-refractivity contribution in [3.63, 3.8) is 0 Å². The van der Waals surface area contributed by atoms with Gasteiger partial charge >= 0.3 is 0 Å². The van der Waals surface area contributed by atoms with E-state index in [9.17, 15) is 0 Å². The molecular formula is C24H24IrN3O2-. The molecule has 3 aromatic carbocycles. The summed E-state index contributed by atoms with van der Waals surface area (Å²) in [6.07, 6.45) is -0.278. The third-order valence-corrected chi connectivity index (χ3v) is 4.72. The van der Waals surface area contributed by atoms with Crippen molar-refractivity contribution in [2.75, 3.05) is 0 Å². The summed E-state index contributed by atoms with van der Waals surface area (Å²) in [4.78, 5) is 4.83. The normalized spacial score (nSPS) is 12.9. The number of hydrogen-bond donors (Lipinski definition) is 2. The van der Waals surface area contributed by atoms with E-state index in [-0.39, 0.29) is 32.3 Å². The molecule has 2 unspecified atom stereocenters. The van der Waals surface area contributed by atoms with Crippen molar-refractivity contribution in [3.8, 4) is 5.69 Å². The Kier molecular flexibility index (Phi) is 7.06. The van der Waals surface area contributed by atoms with E-state index in [1.165, 1.54) is 0 Å². The maximum absolute atomic E-state index is 8.56. The second-order valence-electron chi connectivity index (χ2n) is 7.24. The monoisotopic (exact) mass is 579 g/mol. The first-order chi connectivity index (χ1) is 14.1. The first-order valence-corrected chi connectivity index (χ1v) is 9.76. The average Bonchev–Trinajstić information content (AvgIpc) is 3.22. The van der Waals surface area contributed by atoms with Gasteiger partial charge < -0.3 is 14.8 Å². The maximum Gasteiger partial charge on any atom is 0.218 e.